The van der Waals surface area contributed by atoms with Gasteiger partial charge >= 0.3 is 5.97 Å². The molecule has 4 nitrogen and oxygen atoms in total. The fourth-order valence-electron chi connectivity index (χ4n) is 2.55. The number of thiazole rings is 1. The van der Waals surface area contributed by atoms with E-state index in [1.807, 2.05) is 40.1 Å². The van der Waals surface area contributed by atoms with Gasteiger partial charge in [-0.15, -0.1) is 11.3 Å². The summed E-state index contributed by atoms with van der Waals surface area (Å²) in [6.07, 6.45) is 0.129. The maximum atomic E-state index is 11.0. The number of benzene rings is 1. The second kappa shape index (κ2) is 7.03. The number of hydrogen-bond donors (Lipinski definition) is 1. The molecule has 0 radical (unpaired) electrons. The van der Waals surface area contributed by atoms with Crippen LogP contribution in [0.1, 0.15) is 34.7 Å². The van der Waals surface area contributed by atoms with E-state index in [2.05, 4.69) is 22.0 Å². The highest BCUT2D eigenvalue weighted by Gasteiger charge is 2.21. The molecule has 2 rings (SSSR count). The Hall–Kier alpha value is -1.72. The van der Waals surface area contributed by atoms with Gasteiger partial charge in [0, 0.05) is 22.9 Å². The molecule has 118 valence electrons. The monoisotopic (exact) mass is 318 g/mol. The highest BCUT2D eigenvalue weighted by Crippen LogP contribution is 2.36. The van der Waals surface area contributed by atoms with Crippen LogP contribution in [-0.2, 0) is 11.3 Å². The Morgan fingerprint density at radius 3 is 2.68 bits per heavy atom. The lowest BCUT2D eigenvalue weighted by molar-refractivity contribution is -0.137. The molecular weight excluding hydrogens is 296 g/mol. The van der Waals surface area contributed by atoms with E-state index in [4.69, 9.17) is 5.11 Å². The second-order valence-corrected chi connectivity index (χ2v) is 7.07. The van der Waals surface area contributed by atoms with Gasteiger partial charge in [-0.05, 0) is 26.6 Å². The SMILES string of the molecule is Cc1nc(-c2ccccc2CN(C)C)c(C(C)CC(=O)O)s1. The van der Waals surface area contributed by atoms with Gasteiger partial charge in [0.1, 0.15) is 0 Å². The average Bonchev–Trinajstić information content (AvgIpc) is 2.80. The molecule has 0 aliphatic carbocycles. The van der Waals surface area contributed by atoms with Crippen LogP contribution in [0.2, 0.25) is 0 Å². The summed E-state index contributed by atoms with van der Waals surface area (Å²) in [7, 11) is 4.08. The molecule has 1 unspecified atom stereocenters. The molecule has 0 aliphatic rings. The molecule has 0 bridgehead atoms. The zero-order chi connectivity index (χ0) is 16.3. The molecule has 1 atom stereocenters. The van der Waals surface area contributed by atoms with Gasteiger partial charge in [-0.1, -0.05) is 31.2 Å². The normalized spacial score (nSPS) is 12.6. The molecule has 1 aromatic heterocycles. The maximum Gasteiger partial charge on any atom is 0.303 e. The third-order valence-corrected chi connectivity index (χ3v) is 4.65. The lowest BCUT2D eigenvalue weighted by Gasteiger charge is -2.15. The summed E-state index contributed by atoms with van der Waals surface area (Å²) in [5.74, 6) is -0.808. The predicted molar refractivity (Wildman–Crippen MR) is 90.3 cm³/mol. The molecule has 2 aromatic rings. The van der Waals surface area contributed by atoms with Crippen molar-refractivity contribution in [3.63, 3.8) is 0 Å². The lowest BCUT2D eigenvalue weighted by Crippen LogP contribution is -2.11. The number of rotatable bonds is 6. The Labute approximate surface area is 135 Å². The molecule has 0 fully saturated rings. The Bertz CT molecular complexity index is 664. The summed E-state index contributed by atoms with van der Waals surface area (Å²) in [5.41, 5.74) is 3.25. The molecule has 0 aliphatic heterocycles. The van der Waals surface area contributed by atoms with Gasteiger partial charge in [-0.2, -0.15) is 0 Å². The standard InChI is InChI=1S/C17H22N2O2S/c1-11(9-15(20)21)17-16(18-12(2)22-17)14-8-6-5-7-13(14)10-19(3)4/h5-8,11H,9-10H2,1-4H3,(H,20,21). The van der Waals surface area contributed by atoms with Crippen molar-refractivity contribution in [2.24, 2.45) is 0 Å². The van der Waals surface area contributed by atoms with E-state index in [1.165, 1.54) is 5.56 Å². The first-order valence-corrected chi connectivity index (χ1v) is 8.12. The zero-order valence-corrected chi connectivity index (χ0v) is 14.3. The smallest absolute Gasteiger partial charge is 0.303 e. The number of carboxylic acids is 1. The summed E-state index contributed by atoms with van der Waals surface area (Å²) >= 11 is 1.60. The second-order valence-electron chi connectivity index (χ2n) is 5.84. The number of aliphatic carboxylic acids is 1. The molecule has 1 aromatic carbocycles. The number of aromatic nitrogens is 1. The van der Waals surface area contributed by atoms with E-state index in [-0.39, 0.29) is 12.3 Å². The van der Waals surface area contributed by atoms with Gasteiger partial charge in [-0.3, -0.25) is 4.79 Å². The van der Waals surface area contributed by atoms with Crippen molar-refractivity contribution in [2.75, 3.05) is 14.1 Å². The number of nitrogens with zero attached hydrogens (tertiary/aromatic N) is 2. The van der Waals surface area contributed by atoms with Crippen LogP contribution in [0.5, 0.6) is 0 Å². The average molecular weight is 318 g/mol. The molecule has 5 heteroatoms. The first-order valence-electron chi connectivity index (χ1n) is 7.30. The van der Waals surface area contributed by atoms with E-state index in [1.54, 1.807) is 11.3 Å². The van der Waals surface area contributed by atoms with Crippen molar-refractivity contribution in [1.82, 2.24) is 9.88 Å². The Morgan fingerprint density at radius 1 is 1.36 bits per heavy atom. The Morgan fingerprint density at radius 2 is 2.05 bits per heavy atom. The van der Waals surface area contributed by atoms with Crippen LogP contribution >= 0.6 is 11.3 Å². The Kier molecular flexibility index (Phi) is 5.32. The topological polar surface area (TPSA) is 53.4 Å². The van der Waals surface area contributed by atoms with Crippen LogP contribution < -0.4 is 0 Å². The summed E-state index contributed by atoms with van der Waals surface area (Å²) in [4.78, 5) is 18.9. The van der Waals surface area contributed by atoms with Crippen LogP contribution in [0.3, 0.4) is 0 Å². The van der Waals surface area contributed by atoms with Crippen molar-refractivity contribution in [3.8, 4) is 11.3 Å². The molecule has 1 heterocycles. The van der Waals surface area contributed by atoms with Gasteiger partial charge in [0.05, 0.1) is 17.1 Å². The third-order valence-electron chi connectivity index (χ3n) is 3.45. The summed E-state index contributed by atoms with van der Waals surface area (Å²) in [5, 5.41) is 10.0. The van der Waals surface area contributed by atoms with Crippen molar-refractivity contribution >= 4 is 17.3 Å². The van der Waals surface area contributed by atoms with Gasteiger partial charge in [0.15, 0.2) is 0 Å². The number of carbonyl (C=O) groups is 1. The molecule has 1 N–H and O–H groups in total. The van der Waals surface area contributed by atoms with E-state index >= 15 is 0 Å². The quantitative estimate of drug-likeness (QED) is 0.881. The van der Waals surface area contributed by atoms with Crippen LogP contribution in [-0.4, -0.2) is 35.1 Å². The zero-order valence-electron chi connectivity index (χ0n) is 13.5. The van der Waals surface area contributed by atoms with Gasteiger partial charge < -0.3 is 10.0 Å². The van der Waals surface area contributed by atoms with Crippen molar-refractivity contribution < 1.29 is 9.90 Å². The van der Waals surface area contributed by atoms with Gasteiger partial charge in [0.2, 0.25) is 0 Å². The number of carboxylic acid groups (broad SMARTS) is 1. The van der Waals surface area contributed by atoms with Gasteiger partial charge in [0.25, 0.3) is 0 Å². The van der Waals surface area contributed by atoms with Crippen molar-refractivity contribution in [2.45, 2.75) is 32.7 Å². The maximum absolute atomic E-state index is 11.0. The molecular formula is C17H22N2O2S. The van der Waals surface area contributed by atoms with Crippen LogP contribution in [0.15, 0.2) is 24.3 Å². The third kappa shape index (κ3) is 3.93. The Balaban J connectivity index is 2.47. The minimum atomic E-state index is -0.772. The minimum absolute atomic E-state index is 0.0360. The highest BCUT2D eigenvalue weighted by atomic mass is 32.1. The van der Waals surface area contributed by atoms with E-state index in [0.29, 0.717) is 0 Å². The molecule has 0 amide bonds. The van der Waals surface area contributed by atoms with E-state index in [9.17, 15) is 4.79 Å². The van der Waals surface area contributed by atoms with Crippen LogP contribution in [0, 0.1) is 6.92 Å². The number of hydrogen-bond acceptors (Lipinski definition) is 4. The first kappa shape index (κ1) is 16.6. The largest absolute Gasteiger partial charge is 0.481 e. The van der Waals surface area contributed by atoms with E-state index < -0.39 is 5.97 Å². The summed E-state index contributed by atoms with van der Waals surface area (Å²) < 4.78 is 0. The molecule has 0 saturated heterocycles. The van der Waals surface area contributed by atoms with Gasteiger partial charge in [-0.25, -0.2) is 4.98 Å². The van der Waals surface area contributed by atoms with Crippen LogP contribution in [0.4, 0.5) is 0 Å². The fraction of sp³-hybridized carbons (Fsp3) is 0.412. The van der Waals surface area contributed by atoms with Crippen LogP contribution in [0.25, 0.3) is 11.3 Å². The highest BCUT2D eigenvalue weighted by molar-refractivity contribution is 7.12. The first-order chi connectivity index (χ1) is 10.4. The molecule has 0 saturated carbocycles. The number of aryl methyl sites for hydroxylation is 1. The summed E-state index contributed by atoms with van der Waals surface area (Å²) in [6, 6.07) is 8.22. The van der Waals surface area contributed by atoms with Crippen molar-refractivity contribution in [1.29, 1.82) is 0 Å². The minimum Gasteiger partial charge on any atom is -0.481 e. The van der Waals surface area contributed by atoms with Crippen molar-refractivity contribution in [3.05, 3.63) is 39.7 Å². The lowest BCUT2D eigenvalue weighted by atomic mass is 9.98. The fourth-order valence-corrected chi connectivity index (χ4v) is 3.55. The molecule has 0 spiro atoms. The van der Waals surface area contributed by atoms with E-state index in [0.717, 1.165) is 27.7 Å². The predicted octanol–water partition coefficient (Wildman–Crippen LogP) is 3.76. The summed E-state index contributed by atoms with van der Waals surface area (Å²) in [6.45, 7) is 4.76. The molecule has 22 heavy (non-hydrogen) atoms.